The zero-order chi connectivity index (χ0) is 19.1. The van der Waals surface area contributed by atoms with Crippen LogP contribution in [-0.2, 0) is 16.0 Å². The normalized spacial score (nSPS) is 11.1. The van der Waals surface area contributed by atoms with Gasteiger partial charge in [0.1, 0.15) is 6.04 Å². The number of nitrogens with zero attached hydrogens (tertiary/aromatic N) is 1. The first kappa shape index (κ1) is 18.7. The molecule has 0 saturated heterocycles. The van der Waals surface area contributed by atoms with Crippen LogP contribution in [-0.4, -0.2) is 23.8 Å². The summed E-state index contributed by atoms with van der Waals surface area (Å²) in [6, 6.07) is 14.2. The largest absolute Gasteiger partial charge is 0.368 e. The topological polar surface area (TPSA) is 125 Å². The van der Waals surface area contributed by atoms with Crippen molar-refractivity contribution >= 4 is 23.4 Å². The van der Waals surface area contributed by atoms with Crippen LogP contribution in [0.4, 0.5) is 5.69 Å². The maximum atomic E-state index is 12.6. The molecule has 1 atom stereocenters. The number of amides is 3. The lowest BCUT2D eigenvalue weighted by atomic mass is 10.0. The molecule has 0 spiro atoms. The molecule has 0 radical (unpaired) electrons. The lowest BCUT2D eigenvalue weighted by Crippen LogP contribution is -2.46. The summed E-state index contributed by atoms with van der Waals surface area (Å²) in [4.78, 5) is 35.6. The van der Waals surface area contributed by atoms with E-state index in [1.165, 1.54) is 13.0 Å². The van der Waals surface area contributed by atoms with Gasteiger partial charge in [-0.2, -0.15) is 5.26 Å². The van der Waals surface area contributed by atoms with Crippen LogP contribution in [0, 0.1) is 11.3 Å². The highest BCUT2D eigenvalue weighted by Crippen LogP contribution is 2.15. The van der Waals surface area contributed by atoms with Crippen LogP contribution in [0.3, 0.4) is 0 Å². The first-order valence-corrected chi connectivity index (χ1v) is 7.86. The molecule has 0 heterocycles. The van der Waals surface area contributed by atoms with Crippen LogP contribution in [0.15, 0.2) is 48.5 Å². The molecule has 7 heteroatoms. The Kier molecular flexibility index (Phi) is 6.06. The van der Waals surface area contributed by atoms with Crippen molar-refractivity contribution in [3.63, 3.8) is 0 Å². The van der Waals surface area contributed by atoms with Crippen LogP contribution in [0.5, 0.6) is 0 Å². The zero-order valence-electron chi connectivity index (χ0n) is 14.2. The lowest BCUT2D eigenvalue weighted by Gasteiger charge is -2.17. The number of nitriles is 1. The van der Waals surface area contributed by atoms with E-state index in [2.05, 4.69) is 10.6 Å². The van der Waals surface area contributed by atoms with Crippen molar-refractivity contribution in [2.24, 2.45) is 5.73 Å². The number of nitrogens with one attached hydrogen (secondary N) is 2. The lowest BCUT2D eigenvalue weighted by molar-refractivity contribution is -0.119. The SMILES string of the molecule is CC(=O)Nc1ccccc1C(=O)N[C@H](Cc1cccc(C#N)c1)C(N)=O. The Morgan fingerprint density at radius 2 is 1.88 bits per heavy atom. The summed E-state index contributed by atoms with van der Waals surface area (Å²) in [6.45, 7) is 1.34. The second-order valence-electron chi connectivity index (χ2n) is 5.67. The van der Waals surface area contributed by atoms with Crippen molar-refractivity contribution in [2.75, 3.05) is 5.32 Å². The van der Waals surface area contributed by atoms with Gasteiger partial charge in [-0.15, -0.1) is 0 Å². The van der Waals surface area contributed by atoms with Gasteiger partial charge in [0.2, 0.25) is 11.8 Å². The van der Waals surface area contributed by atoms with E-state index in [0.717, 1.165) is 0 Å². The maximum Gasteiger partial charge on any atom is 0.254 e. The number of nitrogens with two attached hydrogens (primary N) is 1. The predicted molar refractivity (Wildman–Crippen MR) is 96.1 cm³/mol. The van der Waals surface area contributed by atoms with Gasteiger partial charge in [0, 0.05) is 13.3 Å². The molecule has 2 aromatic carbocycles. The highest BCUT2D eigenvalue weighted by Gasteiger charge is 2.21. The van der Waals surface area contributed by atoms with Crippen molar-refractivity contribution in [1.29, 1.82) is 5.26 Å². The van der Waals surface area contributed by atoms with Gasteiger partial charge in [-0.25, -0.2) is 0 Å². The number of hydrogen-bond acceptors (Lipinski definition) is 4. The highest BCUT2D eigenvalue weighted by atomic mass is 16.2. The molecule has 26 heavy (non-hydrogen) atoms. The van der Waals surface area contributed by atoms with Crippen molar-refractivity contribution in [3.05, 3.63) is 65.2 Å². The standard InChI is InChI=1S/C19H18N4O3/c1-12(24)22-16-8-3-2-7-15(16)19(26)23-17(18(21)25)10-13-5-4-6-14(9-13)11-20/h2-9,17H,10H2,1H3,(H2,21,25)(H,22,24)(H,23,26)/t17-/m1/s1. The van der Waals surface area contributed by atoms with Gasteiger partial charge in [-0.05, 0) is 29.8 Å². The highest BCUT2D eigenvalue weighted by molar-refractivity contribution is 6.04. The van der Waals surface area contributed by atoms with E-state index in [1.54, 1.807) is 42.5 Å². The number of anilines is 1. The van der Waals surface area contributed by atoms with Crippen molar-refractivity contribution in [3.8, 4) is 6.07 Å². The third-order valence-corrected chi connectivity index (χ3v) is 3.63. The van der Waals surface area contributed by atoms with Gasteiger partial charge < -0.3 is 16.4 Å². The van der Waals surface area contributed by atoms with E-state index in [4.69, 9.17) is 11.0 Å². The number of primary amides is 1. The molecule has 0 saturated carbocycles. The number of benzene rings is 2. The molecule has 0 aromatic heterocycles. The molecule has 4 N–H and O–H groups in total. The fourth-order valence-corrected chi connectivity index (χ4v) is 2.44. The Bertz CT molecular complexity index is 886. The molecule has 132 valence electrons. The second kappa shape index (κ2) is 8.44. The van der Waals surface area contributed by atoms with Gasteiger partial charge in [0.15, 0.2) is 0 Å². The van der Waals surface area contributed by atoms with E-state index in [0.29, 0.717) is 16.8 Å². The fourth-order valence-electron chi connectivity index (χ4n) is 2.44. The number of hydrogen-bond donors (Lipinski definition) is 3. The Morgan fingerprint density at radius 3 is 2.54 bits per heavy atom. The molecular weight excluding hydrogens is 332 g/mol. The van der Waals surface area contributed by atoms with Gasteiger partial charge in [0.05, 0.1) is 22.9 Å². The summed E-state index contributed by atoms with van der Waals surface area (Å²) in [7, 11) is 0. The third kappa shape index (κ3) is 4.92. The van der Waals surface area contributed by atoms with Crippen molar-refractivity contribution in [2.45, 2.75) is 19.4 Å². The van der Waals surface area contributed by atoms with E-state index in [-0.39, 0.29) is 17.9 Å². The van der Waals surface area contributed by atoms with Crippen LogP contribution in [0.2, 0.25) is 0 Å². The maximum absolute atomic E-state index is 12.6. The minimum absolute atomic E-state index is 0.152. The average Bonchev–Trinajstić information content (AvgIpc) is 2.61. The molecule has 0 aliphatic carbocycles. The monoisotopic (exact) mass is 350 g/mol. The molecule has 2 rings (SSSR count). The van der Waals surface area contributed by atoms with E-state index >= 15 is 0 Å². The number of para-hydroxylation sites is 1. The summed E-state index contributed by atoms with van der Waals surface area (Å²) in [5, 5.41) is 14.1. The Hall–Kier alpha value is -3.66. The molecule has 7 nitrogen and oxygen atoms in total. The molecule has 2 aromatic rings. The molecule has 0 fully saturated rings. The first-order chi connectivity index (χ1) is 12.4. The predicted octanol–water partition coefficient (Wildman–Crippen LogP) is 1.34. The molecule has 0 unspecified atom stereocenters. The minimum Gasteiger partial charge on any atom is -0.368 e. The third-order valence-electron chi connectivity index (χ3n) is 3.63. The van der Waals surface area contributed by atoms with E-state index < -0.39 is 17.9 Å². The Labute approximate surface area is 150 Å². The number of rotatable bonds is 6. The van der Waals surface area contributed by atoms with Crippen LogP contribution in [0.1, 0.15) is 28.4 Å². The molecule has 0 bridgehead atoms. The summed E-state index contributed by atoms with van der Waals surface area (Å²) < 4.78 is 0. The quantitative estimate of drug-likeness (QED) is 0.727. The summed E-state index contributed by atoms with van der Waals surface area (Å²) in [5.41, 5.74) is 7.12. The van der Waals surface area contributed by atoms with Crippen LogP contribution < -0.4 is 16.4 Å². The van der Waals surface area contributed by atoms with E-state index in [9.17, 15) is 14.4 Å². The zero-order valence-corrected chi connectivity index (χ0v) is 14.2. The van der Waals surface area contributed by atoms with Crippen molar-refractivity contribution < 1.29 is 14.4 Å². The molecular formula is C19H18N4O3. The van der Waals surface area contributed by atoms with Gasteiger partial charge >= 0.3 is 0 Å². The Balaban J connectivity index is 2.20. The minimum atomic E-state index is -0.957. The summed E-state index contributed by atoms with van der Waals surface area (Å²) in [5.74, 6) is -1.54. The smallest absolute Gasteiger partial charge is 0.254 e. The second-order valence-corrected chi connectivity index (χ2v) is 5.67. The average molecular weight is 350 g/mol. The van der Waals surface area contributed by atoms with Crippen LogP contribution >= 0.6 is 0 Å². The van der Waals surface area contributed by atoms with E-state index in [1.807, 2.05) is 6.07 Å². The fraction of sp³-hybridized carbons (Fsp3) is 0.158. The number of carbonyl (C=O) groups is 3. The molecule has 0 aliphatic rings. The van der Waals surface area contributed by atoms with Crippen molar-refractivity contribution in [1.82, 2.24) is 5.32 Å². The Morgan fingerprint density at radius 1 is 1.15 bits per heavy atom. The number of carbonyl (C=O) groups excluding carboxylic acids is 3. The van der Waals surface area contributed by atoms with Crippen LogP contribution in [0.25, 0.3) is 0 Å². The molecule has 3 amide bonds. The van der Waals surface area contributed by atoms with Gasteiger partial charge in [-0.1, -0.05) is 24.3 Å². The first-order valence-electron chi connectivity index (χ1n) is 7.86. The summed E-state index contributed by atoms with van der Waals surface area (Å²) >= 11 is 0. The van der Waals surface area contributed by atoms with Gasteiger partial charge in [0.25, 0.3) is 5.91 Å². The molecule has 0 aliphatic heterocycles. The summed E-state index contributed by atoms with van der Waals surface area (Å²) in [6.07, 6.45) is 0.152. The van der Waals surface area contributed by atoms with Gasteiger partial charge in [-0.3, -0.25) is 14.4 Å².